The van der Waals surface area contributed by atoms with Crippen LogP contribution in [0, 0.1) is 5.92 Å². The lowest BCUT2D eigenvalue weighted by Gasteiger charge is -2.33. The molecule has 1 aromatic carbocycles. The monoisotopic (exact) mass is 484 g/mol. The summed E-state index contributed by atoms with van der Waals surface area (Å²) in [6.45, 7) is 7.56. The van der Waals surface area contributed by atoms with E-state index in [1.807, 2.05) is 20.8 Å². The van der Waals surface area contributed by atoms with E-state index in [-0.39, 0.29) is 43.5 Å². The van der Waals surface area contributed by atoms with E-state index in [0.717, 1.165) is 6.26 Å². The number of amides is 3. The lowest BCUT2D eigenvalue weighted by atomic mass is 10.0. The van der Waals surface area contributed by atoms with Crippen LogP contribution in [0.25, 0.3) is 0 Å². The Labute approximate surface area is 196 Å². The predicted octanol–water partition coefficient (Wildman–Crippen LogP) is 1.26. The molecule has 3 N–H and O–H groups in total. The number of carbonyl (C=O) groups excluding carboxylic acids is 2. The third-order valence-electron chi connectivity index (χ3n) is 5.60. The highest BCUT2D eigenvalue weighted by Gasteiger charge is 2.32. The van der Waals surface area contributed by atoms with Gasteiger partial charge in [0.25, 0.3) is 0 Å². The van der Waals surface area contributed by atoms with Crippen molar-refractivity contribution in [2.24, 2.45) is 5.92 Å². The van der Waals surface area contributed by atoms with Gasteiger partial charge in [0, 0.05) is 36.8 Å². The van der Waals surface area contributed by atoms with Crippen molar-refractivity contribution in [2.45, 2.75) is 52.3 Å². The fraction of sp³-hybridized carbons (Fsp3) is 0.636. The van der Waals surface area contributed by atoms with Gasteiger partial charge in [-0.25, -0.2) is 17.5 Å². The van der Waals surface area contributed by atoms with Crippen LogP contribution in [0.3, 0.4) is 0 Å². The summed E-state index contributed by atoms with van der Waals surface area (Å²) in [4.78, 5) is 26.9. The molecule has 3 atom stereocenters. The summed E-state index contributed by atoms with van der Waals surface area (Å²) in [7, 11) is -1.95. The molecule has 0 aliphatic carbocycles. The van der Waals surface area contributed by atoms with Gasteiger partial charge >= 0.3 is 6.03 Å². The average molecular weight is 485 g/mol. The van der Waals surface area contributed by atoms with Crippen molar-refractivity contribution in [3.05, 3.63) is 23.8 Å². The topological polar surface area (TPSA) is 128 Å². The molecule has 0 spiro atoms. The van der Waals surface area contributed by atoms with Crippen LogP contribution in [-0.4, -0.2) is 85.9 Å². The number of likely N-dealkylation sites (N-methyl/N-ethyl adjacent to an activating group) is 1. The van der Waals surface area contributed by atoms with Crippen LogP contribution >= 0.6 is 0 Å². The van der Waals surface area contributed by atoms with Crippen molar-refractivity contribution >= 4 is 27.6 Å². The Kier molecular flexibility index (Phi) is 9.10. The summed E-state index contributed by atoms with van der Waals surface area (Å²) in [5.41, 5.74) is 1.07. The van der Waals surface area contributed by atoms with Gasteiger partial charge in [-0.15, -0.1) is 0 Å². The summed E-state index contributed by atoms with van der Waals surface area (Å²) >= 11 is 0. The molecule has 0 saturated heterocycles. The second kappa shape index (κ2) is 11.2. The molecule has 1 heterocycles. The molecule has 0 radical (unpaired) electrons. The van der Waals surface area contributed by atoms with Crippen molar-refractivity contribution in [3.8, 4) is 5.75 Å². The lowest BCUT2D eigenvalue weighted by molar-refractivity contribution is -0.134. The van der Waals surface area contributed by atoms with Crippen molar-refractivity contribution in [1.29, 1.82) is 0 Å². The van der Waals surface area contributed by atoms with Gasteiger partial charge in [-0.1, -0.05) is 6.92 Å². The highest BCUT2D eigenvalue weighted by atomic mass is 32.2. The Morgan fingerprint density at radius 3 is 2.58 bits per heavy atom. The number of hydrogen-bond acceptors (Lipinski definition) is 6. The van der Waals surface area contributed by atoms with E-state index < -0.39 is 22.2 Å². The van der Waals surface area contributed by atoms with Crippen LogP contribution in [0.4, 0.5) is 10.5 Å². The number of sulfonamides is 1. The molecule has 0 unspecified atom stereocenters. The van der Waals surface area contributed by atoms with Gasteiger partial charge in [0.15, 0.2) is 0 Å². The Bertz CT molecular complexity index is 952. The molecule has 1 aliphatic rings. The number of nitrogens with one attached hydrogen (secondary N) is 2. The van der Waals surface area contributed by atoms with E-state index in [9.17, 15) is 23.1 Å². The van der Waals surface area contributed by atoms with E-state index in [1.54, 1.807) is 30.0 Å². The maximum atomic E-state index is 13.1. The number of anilines is 1. The van der Waals surface area contributed by atoms with Crippen molar-refractivity contribution in [3.63, 3.8) is 0 Å². The number of carbonyl (C=O) groups is 2. The number of aliphatic hydroxyl groups is 1. The van der Waals surface area contributed by atoms with Crippen LogP contribution in [0.1, 0.15) is 33.3 Å². The van der Waals surface area contributed by atoms with Gasteiger partial charge in [-0.2, -0.15) is 0 Å². The van der Waals surface area contributed by atoms with Crippen LogP contribution < -0.4 is 15.4 Å². The molecule has 0 fully saturated rings. The predicted molar refractivity (Wildman–Crippen MR) is 127 cm³/mol. The molecule has 2 rings (SSSR count). The highest BCUT2D eigenvalue weighted by molar-refractivity contribution is 7.88. The maximum Gasteiger partial charge on any atom is 0.319 e. The van der Waals surface area contributed by atoms with Crippen molar-refractivity contribution in [2.75, 3.05) is 38.3 Å². The molecule has 0 saturated carbocycles. The zero-order chi connectivity index (χ0) is 24.9. The number of ether oxygens (including phenoxy) is 1. The minimum absolute atomic E-state index is 0.0162. The van der Waals surface area contributed by atoms with Gasteiger partial charge in [0.1, 0.15) is 11.9 Å². The van der Waals surface area contributed by atoms with E-state index in [2.05, 4.69) is 10.6 Å². The first-order chi connectivity index (χ1) is 15.3. The standard InChI is InChI=1S/C22H36N4O6S/c1-14(2)23-22(29)24-18-7-8-19-17(9-18)10-21(28)26(16(4)13-27)11-15(3)20(32-19)12-25(5)33(6,30)31/h7-9,14-16,20,27H,10-13H2,1-6H3,(H2,23,24,29)/t15-,16-,20+/m0/s1. The average Bonchev–Trinajstić information content (AvgIpc) is 2.74. The van der Waals surface area contributed by atoms with Crippen LogP contribution in [0.2, 0.25) is 0 Å². The van der Waals surface area contributed by atoms with Crippen molar-refractivity contribution < 1.29 is 27.9 Å². The zero-order valence-corrected chi connectivity index (χ0v) is 21.0. The molecule has 186 valence electrons. The SMILES string of the molecule is CC(C)NC(=O)Nc1ccc2c(c1)CC(=O)N([C@@H](C)CO)C[C@H](C)[C@@H](CN(C)S(C)(=O)=O)O2. The number of fused-ring (bicyclic) bond motifs is 1. The molecule has 3 amide bonds. The molecule has 0 bridgehead atoms. The number of rotatable bonds is 7. The molecule has 0 aromatic heterocycles. The second-order valence-electron chi connectivity index (χ2n) is 9.01. The molecule has 1 aromatic rings. The number of aliphatic hydroxyl groups excluding tert-OH is 1. The Morgan fingerprint density at radius 1 is 1.33 bits per heavy atom. The van der Waals surface area contributed by atoms with Gasteiger partial charge < -0.3 is 25.4 Å². The zero-order valence-electron chi connectivity index (χ0n) is 20.2. The van der Waals surface area contributed by atoms with E-state index in [4.69, 9.17) is 4.74 Å². The second-order valence-corrected chi connectivity index (χ2v) is 11.1. The van der Waals surface area contributed by atoms with E-state index >= 15 is 0 Å². The third-order valence-corrected chi connectivity index (χ3v) is 6.88. The minimum Gasteiger partial charge on any atom is -0.488 e. The molecule has 11 heteroatoms. The fourth-order valence-electron chi connectivity index (χ4n) is 3.54. The highest BCUT2D eigenvalue weighted by Crippen LogP contribution is 2.29. The lowest BCUT2D eigenvalue weighted by Crippen LogP contribution is -2.48. The number of urea groups is 1. The number of hydrogen-bond donors (Lipinski definition) is 3. The Balaban J connectivity index is 2.43. The first kappa shape index (κ1) is 26.9. The summed E-state index contributed by atoms with van der Waals surface area (Å²) in [6, 6.07) is 4.23. The number of nitrogens with zero attached hydrogens (tertiary/aromatic N) is 2. The Hall–Kier alpha value is -2.37. The largest absolute Gasteiger partial charge is 0.488 e. The van der Waals surface area contributed by atoms with Crippen molar-refractivity contribution in [1.82, 2.24) is 14.5 Å². The van der Waals surface area contributed by atoms with Gasteiger partial charge in [-0.3, -0.25) is 4.79 Å². The third kappa shape index (κ3) is 7.58. The first-order valence-electron chi connectivity index (χ1n) is 11.0. The maximum absolute atomic E-state index is 13.1. The minimum atomic E-state index is -3.43. The van der Waals surface area contributed by atoms with Gasteiger partial charge in [-0.05, 0) is 39.0 Å². The first-order valence-corrected chi connectivity index (χ1v) is 12.8. The molecule has 1 aliphatic heterocycles. The smallest absolute Gasteiger partial charge is 0.319 e. The fourth-order valence-corrected chi connectivity index (χ4v) is 3.96. The van der Waals surface area contributed by atoms with Gasteiger partial charge in [0.05, 0.1) is 31.9 Å². The van der Waals surface area contributed by atoms with E-state index in [0.29, 0.717) is 23.5 Å². The quantitative estimate of drug-likeness (QED) is 0.535. The number of benzene rings is 1. The molecule has 33 heavy (non-hydrogen) atoms. The summed E-state index contributed by atoms with van der Waals surface area (Å²) in [6.07, 6.45) is 0.609. The molecule has 10 nitrogen and oxygen atoms in total. The normalized spacial score (nSPS) is 20.4. The van der Waals surface area contributed by atoms with E-state index in [1.165, 1.54) is 11.4 Å². The summed E-state index contributed by atoms with van der Waals surface area (Å²) in [5, 5.41) is 15.2. The van der Waals surface area contributed by atoms with Crippen LogP contribution in [0.5, 0.6) is 5.75 Å². The Morgan fingerprint density at radius 2 is 2.00 bits per heavy atom. The summed E-state index contributed by atoms with van der Waals surface area (Å²) < 4.78 is 31.5. The summed E-state index contributed by atoms with van der Waals surface area (Å²) in [5.74, 6) is 0.0530. The van der Waals surface area contributed by atoms with Crippen LogP contribution in [0.15, 0.2) is 18.2 Å². The van der Waals surface area contributed by atoms with Gasteiger partial charge in [0.2, 0.25) is 15.9 Å². The molecular formula is C22H36N4O6S. The van der Waals surface area contributed by atoms with Crippen LogP contribution in [-0.2, 0) is 21.2 Å². The molecular weight excluding hydrogens is 448 g/mol.